The Morgan fingerprint density at radius 1 is 1.44 bits per heavy atom. The number of carbonyl (C=O) groups excluding carboxylic acids is 1. The number of esters is 1. The number of aliphatic hydroxyl groups excluding tert-OH is 1. The molecule has 0 fully saturated rings. The quantitative estimate of drug-likeness (QED) is 0.623. The summed E-state index contributed by atoms with van der Waals surface area (Å²) in [6.45, 7) is 3.23. The van der Waals surface area contributed by atoms with Crippen LogP contribution < -0.4 is 0 Å². The first-order chi connectivity index (χ1) is 7.35. The van der Waals surface area contributed by atoms with Gasteiger partial charge >= 0.3 is 5.97 Å². The summed E-state index contributed by atoms with van der Waals surface area (Å²) in [6, 6.07) is -0.241. The number of nitrogens with zero attached hydrogens (tertiary/aromatic N) is 1. The van der Waals surface area contributed by atoms with E-state index in [2.05, 4.69) is 4.74 Å². The largest absolute Gasteiger partial charge is 0.469 e. The standard InChI is InChI=1S/C9H19NO5S/c1-8(2)10(5-6-11)16(13,14)7-4-9(12)15-3/h8,11H,4-7H2,1-3H3. The van der Waals surface area contributed by atoms with E-state index < -0.39 is 16.0 Å². The lowest BCUT2D eigenvalue weighted by Crippen LogP contribution is -2.40. The number of rotatable bonds is 7. The normalized spacial score (nSPS) is 12.1. The molecule has 0 unspecified atom stereocenters. The molecule has 0 spiro atoms. The Balaban J connectivity index is 4.54. The number of aliphatic hydroxyl groups is 1. The average molecular weight is 253 g/mol. The van der Waals surface area contributed by atoms with E-state index in [4.69, 9.17) is 5.11 Å². The van der Waals surface area contributed by atoms with Gasteiger partial charge in [-0.3, -0.25) is 4.79 Å². The molecule has 0 radical (unpaired) electrons. The summed E-state index contributed by atoms with van der Waals surface area (Å²) < 4.78 is 29.1. The van der Waals surface area contributed by atoms with Gasteiger partial charge in [-0.05, 0) is 13.8 Å². The highest BCUT2D eigenvalue weighted by atomic mass is 32.2. The van der Waals surface area contributed by atoms with Gasteiger partial charge in [0.15, 0.2) is 0 Å². The summed E-state index contributed by atoms with van der Waals surface area (Å²) in [6.07, 6.45) is -0.173. The molecule has 1 N–H and O–H groups in total. The smallest absolute Gasteiger partial charge is 0.306 e. The summed E-state index contributed by atoms with van der Waals surface area (Å²) in [5, 5.41) is 8.77. The second-order valence-corrected chi connectivity index (χ2v) is 5.61. The fourth-order valence-electron chi connectivity index (χ4n) is 1.25. The molecule has 0 aromatic heterocycles. The van der Waals surface area contributed by atoms with Gasteiger partial charge in [-0.15, -0.1) is 0 Å². The molecule has 0 aromatic rings. The Kier molecular flexibility index (Phi) is 6.54. The average Bonchev–Trinajstić information content (AvgIpc) is 2.21. The Morgan fingerprint density at radius 2 is 2.00 bits per heavy atom. The second kappa shape index (κ2) is 6.82. The number of hydrogen-bond donors (Lipinski definition) is 1. The monoisotopic (exact) mass is 253 g/mol. The van der Waals surface area contributed by atoms with Crippen LogP contribution in [0.15, 0.2) is 0 Å². The van der Waals surface area contributed by atoms with Gasteiger partial charge in [-0.1, -0.05) is 0 Å². The van der Waals surface area contributed by atoms with Crippen molar-refractivity contribution in [1.82, 2.24) is 4.31 Å². The van der Waals surface area contributed by atoms with Crippen LogP contribution >= 0.6 is 0 Å². The van der Waals surface area contributed by atoms with Crippen molar-refractivity contribution in [2.24, 2.45) is 0 Å². The molecule has 0 saturated carbocycles. The minimum atomic E-state index is -3.52. The third-order valence-electron chi connectivity index (χ3n) is 2.05. The molecule has 16 heavy (non-hydrogen) atoms. The maximum Gasteiger partial charge on any atom is 0.306 e. The topological polar surface area (TPSA) is 83.9 Å². The van der Waals surface area contributed by atoms with Crippen LogP contribution in [0.3, 0.4) is 0 Å². The van der Waals surface area contributed by atoms with Crippen molar-refractivity contribution in [2.45, 2.75) is 26.3 Å². The molecule has 0 atom stereocenters. The maximum atomic E-state index is 11.8. The predicted octanol–water partition coefficient (Wildman–Crippen LogP) is -0.418. The molecular weight excluding hydrogens is 234 g/mol. The first kappa shape index (κ1) is 15.3. The van der Waals surface area contributed by atoms with Gasteiger partial charge in [0.1, 0.15) is 0 Å². The first-order valence-corrected chi connectivity index (χ1v) is 6.63. The number of sulfonamides is 1. The van der Waals surface area contributed by atoms with Crippen molar-refractivity contribution < 1.29 is 23.1 Å². The molecule has 96 valence electrons. The van der Waals surface area contributed by atoms with Gasteiger partial charge in [-0.2, -0.15) is 4.31 Å². The lowest BCUT2D eigenvalue weighted by atomic mass is 10.4. The molecule has 7 heteroatoms. The first-order valence-electron chi connectivity index (χ1n) is 5.02. The van der Waals surface area contributed by atoms with E-state index in [0.29, 0.717) is 0 Å². The predicted molar refractivity (Wildman–Crippen MR) is 59.3 cm³/mol. The molecule has 0 bridgehead atoms. The highest BCUT2D eigenvalue weighted by Crippen LogP contribution is 2.08. The molecule has 0 saturated heterocycles. The lowest BCUT2D eigenvalue weighted by molar-refractivity contribution is -0.140. The Hall–Kier alpha value is -0.660. The van der Waals surface area contributed by atoms with Crippen LogP contribution in [-0.4, -0.2) is 55.9 Å². The van der Waals surface area contributed by atoms with Crippen LogP contribution in [0.2, 0.25) is 0 Å². The van der Waals surface area contributed by atoms with E-state index in [1.807, 2.05) is 0 Å². The van der Waals surface area contributed by atoms with Gasteiger partial charge < -0.3 is 9.84 Å². The molecule has 0 rings (SSSR count). The summed E-state index contributed by atoms with van der Waals surface area (Å²) >= 11 is 0. The Labute approximate surface area is 96.2 Å². The van der Waals surface area contributed by atoms with Crippen molar-refractivity contribution >= 4 is 16.0 Å². The molecule has 0 aromatic carbocycles. The fraction of sp³-hybridized carbons (Fsp3) is 0.889. The highest BCUT2D eigenvalue weighted by Gasteiger charge is 2.25. The van der Waals surface area contributed by atoms with Gasteiger partial charge in [0.25, 0.3) is 0 Å². The van der Waals surface area contributed by atoms with E-state index in [-0.39, 0.29) is 31.4 Å². The van der Waals surface area contributed by atoms with Crippen molar-refractivity contribution in [2.75, 3.05) is 26.0 Å². The molecule has 0 aliphatic heterocycles. The van der Waals surface area contributed by atoms with Crippen molar-refractivity contribution in [3.05, 3.63) is 0 Å². The van der Waals surface area contributed by atoms with Crippen molar-refractivity contribution in [3.8, 4) is 0 Å². The highest BCUT2D eigenvalue weighted by molar-refractivity contribution is 7.89. The van der Waals surface area contributed by atoms with Crippen LogP contribution in [0.1, 0.15) is 20.3 Å². The molecular formula is C9H19NO5S. The van der Waals surface area contributed by atoms with Crippen LogP contribution in [0, 0.1) is 0 Å². The number of carbonyl (C=O) groups is 1. The van der Waals surface area contributed by atoms with Gasteiger partial charge in [-0.25, -0.2) is 8.42 Å². The molecule has 6 nitrogen and oxygen atoms in total. The molecule has 0 amide bonds. The van der Waals surface area contributed by atoms with E-state index in [9.17, 15) is 13.2 Å². The second-order valence-electron chi connectivity index (χ2n) is 3.57. The fourth-order valence-corrected chi connectivity index (χ4v) is 2.91. The van der Waals surface area contributed by atoms with E-state index in [1.165, 1.54) is 11.4 Å². The van der Waals surface area contributed by atoms with Gasteiger partial charge in [0.05, 0.1) is 25.9 Å². The van der Waals surface area contributed by atoms with Crippen molar-refractivity contribution in [1.29, 1.82) is 0 Å². The van der Waals surface area contributed by atoms with Gasteiger partial charge in [0, 0.05) is 12.6 Å². The maximum absolute atomic E-state index is 11.8. The van der Waals surface area contributed by atoms with Crippen LogP contribution in [0.4, 0.5) is 0 Å². The molecule has 0 aliphatic rings. The minimum Gasteiger partial charge on any atom is -0.469 e. The zero-order valence-electron chi connectivity index (χ0n) is 9.84. The third-order valence-corrected chi connectivity index (χ3v) is 4.08. The van der Waals surface area contributed by atoms with Crippen molar-refractivity contribution in [3.63, 3.8) is 0 Å². The summed E-state index contributed by atoms with van der Waals surface area (Å²) in [5.41, 5.74) is 0. The summed E-state index contributed by atoms with van der Waals surface area (Å²) in [4.78, 5) is 10.9. The zero-order chi connectivity index (χ0) is 12.8. The number of hydrogen-bond acceptors (Lipinski definition) is 5. The zero-order valence-corrected chi connectivity index (χ0v) is 10.7. The number of methoxy groups -OCH3 is 1. The van der Waals surface area contributed by atoms with E-state index in [1.54, 1.807) is 13.8 Å². The van der Waals surface area contributed by atoms with Crippen LogP contribution in [-0.2, 0) is 19.6 Å². The van der Waals surface area contributed by atoms with Crippen LogP contribution in [0.25, 0.3) is 0 Å². The summed E-state index contributed by atoms with van der Waals surface area (Å²) in [5.74, 6) is -0.853. The Bertz CT molecular complexity index is 312. The lowest BCUT2D eigenvalue weighted by Gasteiger charge is -2.24. The SMILES string of the molecule is COC(=O)CCS(=O)(=O)N(CCO)C(C)C. The van der Waals surface area contributed by atoms with E-state index in [0.717, 1.165) is 0 Å². The molecule has 0 aliphatic carbocycles. The van der Waals surface area contributed by atoms with E-state index >= 15 is 0 Å². The van der Waals surface area contributed by atoms with Gasteiger partial charge in [0.2, 0.25) is 10.0 Å². The minimum absolute atomic E-state index is 0.0428. The summed E-state index contributed by atoms with van der Waals surface area (Å²) in [7, 11) is -2.31. The Morgan fingerprint density at radius 3 is 2.38 bits per heavy atom. The third kappa shape index (κ3) is 4.91. The molecule has 0 heterocycles. The number of ether oxygens (including phenoxy) is 1. The van der Waals surface area contributed by atoms with Crippen LogP contribution in [0.5, 0.6) is 0 Å².